The van der Waals surface area contributed by atoms with E-state index < -0.39 is 23.2 Å². The molecular formula is C19H20F3N3O3. The van der Waals surface area contributed by atoms with Gasteiger partial charge in [-0.1, -0.05) is 0 Å². The summed E-state index contributed by atoms with van der Waals surface area (Å²) in [5.74, 6) is -1.97. The second kappa shape index (κ2) is 7.41. The summed E-state index contributed by atoms with van der Waals surface area (Å²) >= 11 is 0. The first kappa shape index (κ1) is 21.1. The maximum absolute atomic E-state index is 14.1. The fourth-order valence-corrected chi connectivity index (χ4v) is 3.04. The molecule has 28 heavy (non-hydrogen) atoms. The molecule has 5 N–H and O–H groups in total. The van der Waals surface area contributed by atoms with Crippen LogP contribution in [0.3, 0.4) is 0 Å². The van der Waals surface area contributed by atoms with Crippen LogP contribution < -0.4 is 15.8 Å². The Labute approximate surface area is 159 Å². The first-order valence-corrected chi connectivity index (χ1v) is 8.12. The van der Waals surface area contributed by atoms with Crippen LogP contribution in [0.2, 0.25) is 0 Å². The lowest BCUT2D eigenvalue weighted by molar-refractivity contribution is -0.199. The number of nitrogens with one attached hydrogen (secondary N) is 2. The van der Waals surface area contributed by atoms with Crippen LogP contribution in [0.5, 0.6) is 5.75 Å². The summed E-state index contributed by atoms with van der Waals surface area (Å²) in [6.45, 7) is 3.08. The molecule has 0 aliphatic rings. The molecule has 0 aromatic heterocycles. The van der Waals surface area contributed by atoms with Gasteiger partial charge in [-0.3, -0.25) is 5.41 Å². The van der Waals surface area contributed by atoms with Gasteiger partial charge in [0.15, 0.2) is 0 Å². The second-order valence-corrected chi connectivity index (χ2v) is 6.31. The number of ether oxygens (including phenoxy) is 1. The van der Waals surface area contributed by atoms with Gasteiger partial charge >= 0.3 is 12.1 Å². The third-order valence-corrected chi connectivity index (χ3v) is 4.37. The van der Waals surface area contributed by atoms with E-state index in [0.717, 1.165) is 12.1 Å². The maximum atomic E-state index is 14.1. The predicted molar refractivity (Wildman–Crippen MR) is 98.9 cm³/mol. The molecule has 0 spiro atoms. The Morgan fingerprint density at radius 3 is 2.00 bits per heavy atom. The van der Waals surface area contributed by atoms with E-state index in [2.05, 4.69) is 5.32 Å². The molecule has 2 aromatic carbocycles. The molecule has 1 atom stereocenters. The number of nitrogen functional groups attached to an aromatic ring is 1. The highest BCUT2D eigenvalue weighted by molar-refractivity contribution is 5.95. The SMILES string of the molecule is COc1c(C)cc(C(Nc2ccc(C(=N)N)cc2)(C(=O)O)C(F)(F)F)cc1C. The topological polar surface area (TPSA) is 108 Å². The minimum atomic E-state index is -5.16. The third kappa shape index (κ3) is 3.60. The number of anilines is 1. The van der Waals surface area contributed by atoms with Crippen LogP contribution in [-0.2, 0) is 10.3 Å². The lowest BCUT2D eigenvalue weighted by Gasteiger charge is -2.34. The Morgan fingerprint density at radius 1 is 1.14 bits per heavy atom. The molecule has 0 amide bonds. The zero-order valence-corrected chi connectivity index (χ0v) is 15.4. The molecule has 1 unspecified atom stereocenters. The van der Waals surface area contributed by atoms with Crippen LogP contribution in [0.4, 0.5) is 18.9 Å². The number of alkyl halides is 3. The Balaban J connectivity index is 2.68. The van der Waals surface area contributed by atoms with E-state index in [1.165, 1.54) is 31.4 Å². The van der Waals surface area contributed by atoms with Gasteiger partial charge in [-0.05, 0) is 66.9 Å². The van der Waals surface area contributed by atoms with Gasteiger partial charge in [0.2, 0.25) is 0 Å². The van der Waals surface area contributed by atoms with Crippen molar-refractivity contribution < 1.29 is 27.8 Å². The molecule has 9 heteroatoms. The smallest absolute Gasteiger partial charge is 0.426 e. The lowest BCUT2D eigenvalue weighted by atomic mass is 9.86. The van der Waals surface area contributed by atoms with Gasteiger partial charge in [0.05, 0.1) is 7.11 Å². The van der Waals surface area contributed by atoms with Gasteiger partial charge < -0.3 is 20.9 Å². The fourth-order valence-electron chi connectivity index (χ4n) is 3.04. The van der Waals surface area contributed by atoms with Crippen molar-refractivity contribution in [1.82, 2.24) is 0 Å². The zero-order valence-electron chi connectivity index (χ0n) is 15.4. The highest BCUT2D eigenvalue weighted by Crippen LogP contribution is 2.44. The summed E-state index contributed by atoms with van der Waals surface area (Å²) in [6.07, 6.45) is -5.16. The molecule has 0 saturated heterocycles. The number of amidine groups is 1. The molecule has 150 valence electrons. The van der Waals surface area contributed by atoms with Gasteiger partial charge in [0.1, 0.15) is 11.6 Å². The number of carbonyl (C=O) groups is 1. The van der Waals surface area contributed by atoms with Crippen LogP contribution in [0, 0.1) is 19.3 Å². The summed E-state index contributed by atoms with van der Waals surface area (Å²) < 4.78 is 47.5. The van der Waals surface area contributed by atoms with Gasteiger partial charge in [-0.25, -0.2) is 4.79 Å². The minimum Gasteiger partial charge on any atom is -0.496 e. The molecule has 0 saturated carbocycles. The molecule has 0 aliphatic carbocycles. The van der Waals surface area contributed by atoms with E-state index in [-0.39, 0.29) is 11.5 Å². The van der Waals surface area contributed by atoms with Gasteiger partial charge in [-0.15, -0.1) is 0 Å². The number of methoxy groups -OCH3 is 1. The molecule has 6 nitrogen and oxygen atoms in total. The highest BCUT2D eigenvalue weighted by atomic mass is 19.4. The molecule has 0 radical (unpaired) electrons. The van der Waals surface area contributed by atoms with Crippen molar-refractivity contribution in [2.45, 2.75) is 25.6 Å². The summed E-state index contributed by atoms with van der Waals surface area (Å²) in [4.78, 5) is 12.0. The zero-order chi connectivity index (χ0) is 21.3. The Hall–Kier alpha value is -3.23. The van der Waals surface area contributed by atoms with E-state index >= 15 is 0 Å². The minimum absolute atomic E-state index is 0.0872. The van der Waals surface area contributed by atoms with Gasteiger partial charge in [0.25, 0.3) is 5.54 Å². The number of hydrogen-bond acceptors (Lipinski definition) is 4. The number of aliphatic carboxylic acids is 1. The number of rotatable bonds is 6. The first-order chi connectivity index (χ1) is 12.9. The van der Waals surface area contributed by atoms with Crippen molar-refractivity contribution in [3.05, 3.63) is 58.7 Å². The number of benzene rings is 2. The monoisotopic (exact) mass is 395 g/mol. The summed E-state index contributed by atoms with van der Waals surface area (Å²) in [5.41, 5.74) is 2.45. The second-order valence-electron chi connectivity index (χ2n) is 6.31. The highest BCUT2D eigenvalue weighted by Gasteiger charge is 2.62. The largest absolute Gasteiger partial charge is 0.496 e. The van der Waals surface area contributed by atoms with Crippen molar-refractivity contribution in [3.63, 3.8) is 0 Å². The van der Waals surface area contributed by atoms with Crippen molar-refractivity contribution in [1.29, 1.82) is 5.41 Å². The number of halogens is 3. The molecule has 0 heterocycles. The number of carboxylic acid groups (broad SMARTS) is 1. The van der Waals surface area contributed by atoms with Gasteiger partial charge in [0, 0.05) is 11.3 Å². The fraction of sp³-hybridized carbons (Fsp3) is 0.263. The Bertz CT molecular complexity index is 888. The van der Waals surface area contributed by atoms with Crippen LogP contribution in [-0.4, -0.2) is 30.2 Å². The van der Waals surface area contributed by atoms with E-state index in [9.17, 15) is 23.1 Å². The van der Waals surface area contributed by atoms with Crippen molar-refractivity contribution in [2.75, 3.05) is 12.4 Å². The Kier molecular flexibility index (Phi) is 5.58. The molecule has 0 aliphatic heterocycles. The van der Waals surface area contributed by atoms with Crippen molar-refractivity contribution in [2.24, 2.45) is 5.73 Å². The van der Waals surface area contributed by atoms with E-state index in [4.69, 9.17) is 15.9 Å². The molecular weight excluding hydrogens is 375 g/mol. The summed E-state index contributed by atoms with van der Waals surface area (Å²) in [7, 11) is 1.39. The maximum Gasteiger partial charge on any atom is 0.426 e. The van der Waals surface area contributed by atoms with E-state index in [1.807, 2.05) is 0 Å². The molecule has 2 rings (SSSR count). The number of nitrogens with two attached hydrogens (primary N) is 1. The van der Waals surface area contributed by atoms with Crippen LogP contribution >= 0.6 is 0 Å². The van der Waals surface area contributed by atoms with E-state index in [1.54, 1.807) is 13.8 Å². The van der Waals surface area contributed by atoms with Crippen molar-refractivity contribution in [3.8, 4) is 5.75 Å². The van der Waals surface area contributed by atoms with E-state index in [0.29, 0.717) is 22.4 Å². The average molecular weight is 395 g/mol. The van der Waals surface area contributed by atoms with Crippen LogP contribution in [0.15, 0.2) is 36.4 Å². The van der Waals surface area contributed by atoms with Gasteiger partial charge in [-0.2, -0.15) is 13.2 Å². The average Bonchev–Trinajstić information content (AvgIpc) is 2.58. The van der Waals surface area contributed by atoms with Crippen LogP contribution in [0.25, 0.3) is 0 Å². The Morgan fingerprint density at radius 2 is 1.64 bits per heavy atom. The number of hydrogen-bond donors (Lipinski definition) is 4. The standard InChI is InChI=1S/C19H20F3N3O3/c1-10-8-13(9-11(2)15(10)28-3)18(17(26)27,19(20,21)22)25-14-6-4-12(5-7-14)16(23)24/h4-9,25H,1-3H3,(H3,23,24)(H,26,27). The van der Waals surface area contributed by atoms with Crippen LogP contribution in [0.1, 0.15) is 22.3 Å². The molecule has 0 bridgehead atoms. The molecule has 2 aromatic rings. The summed E-state index contributed by atoms with van der Waals surface area (Å²) in [5, 5.41) is 19.1. The normalized spacial score (nSPS) is 13.5. The molecule has 0 fully saturated rings. The van der Waals surface area contributed by atoms with Crippen molar-refractivity contribution >= 4 is 17.5 Å². The quantitative estimate of drug-likeness (QED) is 0.442. The first-order valence-electron chi connectivity index (χ1n) is 8.12. The third-order valence-electron chi connectivity index (χ3n) is 4.37. The predicted octanol–water partition coefficient (Wildman–Crippen LogP) is 3.55. The lowest BCUT2D eigenvalue weighted by Crippen LogP contribution is -2.55. The number of carboxylic acids is 1. The summed E-state index contributed by atoms with van der Waals surface area (Å²) in [6, 6.07) is 7.43. The number of aryl methyl sites for hydroxylation is 2.